The highest BCUT2D eigenvalue weighted by Gasteiger charge is 2.36. The molecule has 0 spiro atoms. The van der Waals surface area contributed by atoms with Crippen molar-refractivity contribution in [3.63, 3.8) is 0 Å². The lowest BCUT2D eigenvalue weighted by Crippen LogP contribution is -2.40. The van der Waals surface area contributed by atoms with Crippen LogP contribution >= 0.6 is 0 Å². The second kappa shape index (κ2) is 8.93. The number of nitrogens with zero attached hydrogens (tertiary/aromatic N) is 1. The molecular weight excluding hydrogens is 274 g/mol. The van der Waals surface area contributed by atoms with Crippen LogP contribution in [0.4, 0.5) is 0 Å². The molecule has 0 bridgehead atoms. The van der Waals surface area contributed by atoms with E-state index in [1.54, 1.807) is 13.8 Å². The molecule has 0 aliphatic carbocycles. The fraction of sp³-hybridized carbons (Fsp3) is 0.533. The van der Waals surface area contributed by atoms with Gasteiger partial charge in [-0.15, -0.1) is 0 Å². The summed E-state index contributed by atoms with van der Waals surface area (Å²) in [5, 5.41) is 10.5. The van der Waals surface area contributed by atoms with E-state index in [0.717, 1.165) is 12.2 Å². The number of carbonyl (C=O) groups excluding carboxylic acids is 2. The predicted octanol–water partition coefficient (Wildman–Crippen LogP) is 1.65. The highest BCUT2D eigenvalue weighted by Crippen LogP contribution is 2.23. The number of aliphatic hydroxyl groups is 1. The van der Waals surface area contributed by atoms with Crippen LogP contribution in [-0.2, 0) is 19.1 Å². The molecule has 0 aliphatic rings. The Morgan fingerprint density at radius 1 is 1.19 bits per heavy atom. The molecule has 2 unspecified atom stereocenters. The third kappa shape index (κ3) is 7.90. The van der Waals surface area contributed by atoms with Crippen LogP contribution in [0.5, 0.6) is 0 Å². The van der Waals surface area contributed by atoms with Crippen molar-refractivity contribution in [2.75, 3.05) is 6.54 Å². The van der Waals surface area contributed by atoms with Gasteiger partial charge >= 0.3 is 11.9 Å². The molecule has 0 fully saturated rings. The van der Waals surface area contributed by atoms with E-state index in [-0.39, 0.29) is 19.4 Å². The van der Waals surface area contributed by atoms with Gasteiger partial charge in [0, 0.05) is 25.0 Å². The van der Waals surface area contributed by atoms with E-state index >= 15 is 0 Å². The number of carbonyl (C=O) groups is 2. The molecule has 6 nitrogen and oxygen atoms in total. The van der Waals surface area contributed by atoms with Gasteiger partial charge in [-0.3, -0.25) is 0 Å². The Hall–Kier alpha value is -2.13. The van der Waals surface area contributed by atoms with Crippen molar-refractivity contribution in [3.05, 3.63) is 36.7 Å². The minimum Gasteiger partial charge on any atom is -0.459 e. The van der Waals surface area contributed by atoms with Crippen molar-refractivity contribution in [3.8, 4) is 0 Å². The zero-order valence-corrected chi connectivity index (χ0v) is 12.4. The van der Waals surface area contributed by atoms with Crippen molar-refractivity contribution >= 4 is 11.9 Å². The van der Waals surface area contributed by atoms with Crippen LogP contribution < -0.4 is 0 Å². The molecule has 1 N–H and O–H groups in total. The number of hydrogen-bond acceptors (Lipinski definition) is 5. The van der Waals surface area contributed by atoms with E-state index in [2.05, 4.69) is 18.0 Å². The molecular formula is C15H21NO5. The maximum absolute atomic E-state index is 11.1. The van der Waals surface area contributed by atoms with E-state index in [1.807, 2.05) is 0 Å². The van der Waals surface area contributed by atoms with Gasteiger partial charge in [-0.25, -0.2) is 16.2 Å². The van der Waals surface area contributed by atoms with Crippen molar-refractivity contribution in [1.82, 2.24) is 0 Å². The standard InChI is InChI=1S/C15H21NO5/c1-6-13(17)20-11(3)8-15(19,10-16-5)9-12(4)21-14(18)7-2/h6-7,11-12,19H,1-2,8-10H2,3-4H3. The van der Waals surface area contributed by atoms with E-state index in [4.69, 9.17) is 16.0 Å². The van der Waals surface area contributed by atoms with Crippen LogP contribution in [0.1, 0.15) is 26.7 Å². The Morgan fingerprint density at radius 3 is 1.86 bits per heavy atom. The quantitative estimate of drug-likeness (QED) is 0.397. The van der Waals surface area contributed by atoms with Crippen LogP contribution in [-0.4, -0.2) is 41.4 Å². The summed E-state index contributed by atoms with van der Waals surface area (Å²) in [5.74, 6) is -1.20. The molecule has 0 aliphatic heterocycles. The van der Waals surface area contributed by atoms with Crippen molar-refractivity contribution < 1.29 is 24.2 Å². The van der Waals surface area contributed by atoms with Gasteiger partial charge in [-0.2, -0.15) is 0 Å². The summed E-state index contributed by atoms with van der Waals surface area (Å²) in [6.07, 6.45) is 0.988. The maximum Gasteiger partial charge on any atom is 0.330 e. The summed E-state index contributed by atoms with van der Waals surface area (Å²) < 4.78 is 9.96. The van der Waals surface area contributed by atoms with Crippen LogP contribution in [0.3, 0.4) is 0 Å². The highest BCUT2D eigenvalue weighted by molar-refractivity contribution is 5.81. The minimum atomic E-state index is -1.41. The van der Waals surface area contributed by atoms with Gasteiger partial charge in [0.2, 0.25) is 6.54 Å². The van der Waals surface area contributed by atoms with Crippen molar-refractivity contribution in [1.29, 1.82) is 0 Å². The molecule has 0 aromatic carbocycles. The molecule has 6 heteroatoms. The van der Waals surface area contributed by atoms with E-state index in [9.17, 15) is 14.7 Å². The average Bonchev–Trinajstić information content (AvgIpc) is 2.37. The fourth-order valence-electron chi connectivity index (χ4n) is 2.01. The topological polar surface area (TPSA) is 77.2 Å². The van der Waals surface area contributed by atoms with Crippen molar-refractivity contribution in [2.45, 2.75) is 44.5 Å². The van der Waals surface area contributed by atoms with Gasteiger partial charge in [0.15, 0.2) is 0 Å². The van der Waals surface area contributed by atoms with E-state index in [0.29, 0.717) is 0 Å². The zero-order chi connectivity index (χ0) is 16.5. The Labute approximate surface area is 124 Å². The Balaban J connectivity index is 4.71. The number of ether oxygens (including phenoxy) is 2. The average molecular weight is 295 g/mol. The first kappa shape index (κ1) is 18.9. The first-order valence-electron chi connectivity index (χ1n) is 6.48. The number of hydrogen-bond donors (Lipinski definition) is 1. The van der Waals surface area contributed by atoms with Crippen LogP contribution in [0.2, 0.25) is 0 Å². The van der Waals surface area contributed by atoms with Gasteiger partial charge in [0.1, 0.15) is 17.8 Å². The zero-order valence-electron chi connectivity index (χ0n) is 12.4. The SMILES string of the molecule is [C-]#[N+]CC(O)(CC(C)OC(=O)C=C)CC(C)OC(=O)C=C. The third-order valence-electron chi connectivity index (χ3n) is 2.68. The normalized spacial score (nSPS) is 15.7. The highest BCUT2D eigenvalue weighted by atomic mass is 16.5. The number of rotatable bonds is 9. The molecule has 0 saturated heterocycles. The Morgan fingerprint density at radius 2 is 1.57 bits per heavy atom. The molecule has 0 aromatic heterocycles. The Bertz CT molecular complexity index is 408. The van der Waals surface area contributed by atoms with Crippen LogP contribution in [0.25, 0.3) is 4.85 Å². The van der Waals surface area contributed by atoms with Gasteiger partial charge in [-0.1, -0.05) is 13.2 Å². The summed E-state index contributed by atoms with van der Waals surface area (Å²) in [5.41, 5.74) is -1.41. The molecule has 0 heterocycles. The van der Waals surface area contributed by atoms with Crippen molar-refractivity contribution in [2.24, 2.45) is 0 Å². The number of esters is 2. The second-order valence-electron chi connectivity index (χ2n) is 4.85. The summed E-state index contributed by atoms with van der Waals surface area (Å²) in [6.45, 7) is 16.5. The van der Waals surface area contributed by atoms with E-state index in [1.165, 1.54) is 0 Å². The molecule has 0 radical (unpaired) electrons. The van der Waals surface area contributed by atoms with Gasteiger partial charge in [0.05, 0.1) is 0 Å². The lowest BCUT2D eigenvalue weighted by molar-refractivity contribution is -0.147. The molecule has 2 atom stereocenters. The first-order valence-corrected chi connectivity index (χ1v) is 6.48. The predicted molar refractivity (Wildman–Crippen MR) is 77.2 cm³/mol. The lowest BCUT2D eigenvalue weighted by atomic mass is 9.90. The molecule has 21 heavy (non-hydrogen) atoms. The molecule has 0 aromatic rings. The Kier molecular flexibility index (Phi) is 8.02. The first-order chi connectivity index (χ1) is 9.76. The largest absolute Gasteiger partial charge is 0.459 e. The molecule has 116 valence electrons. The lowest BCUT2D eigenvalue weighted by Gasteiger charge is -2.28. The van der Waals surface area contributed by atoms with Crippen LogP contribution in [0.15, 0.2) is 25.3 Å². The van der Waals surface area contributed by atoms with Gasteiger partial charge in [0.25, 0.3) is 0 Å². The van der Waals surface area contributed by atoms with E-state index < -0.39 is 29.7 Å². The minimum absolute atomic E-state index is 0.0605. The molecule has 0 saturated carbocycles. The smallest absolute Gasteiger partial charge is 0.330 e. The monoisotopic (exact) mass is 295 g/mol. The third-order valence-corrected chi connectivity index (χ3v) is 2.68. The summed E-state index contributed by atoms with van der Waals surface area (Å²) in [7, 11) is 0. The molecule has 0 rings (SSSR count). The second-order valence-corrected chi connectivity index (χ2v) is 4.85. The van der Waals surface area contributed by atoms with Gasteiger partial charge < -0.3 is 19.4 Å². The maximum atomic E-state index is 11.1. The summed E-state index contributed by atoms with van der Waals surface area (Å²) in [6, 6.07) is 0. The molecule has 0 amide bonds. The fourth-order valence-corrected chi connectivity index (χ4v) is 2.01. The van der Waals surface area contributed by atoms with Crippen LogP contribution in [0, 0.1) is 6.57 Å². The summed E-state index contributed by atoms with van der Waals surface area (Å²) >= 11 is 0. The summed E-state index contributed by atoms with van der Waals surface area (Å²) in [4.78, 5) is 25.4. The van der Waals surface area contributed by atoms with Gasteiger partial charge in [-0.05, 0) is 13.8 Å².